The molecule has 0 bridgehead atoms. The molecule has 0 saturated carbocycles. The Kier molecular flexibility index (Phi) is 6.86. The van der Waals surface area contributed by atoms with Gasteiger partial charge in [0.25, 0.3) is 0 Å². The van der Waals surface area contributed by atoms with Gasteiger partial charge in [0.1, 0.15) is 0 Å². The summed E-state index contributed by atoms with van der Waals surface area (Å²) in [5, 5.41) is 0. The van der Waals surface area contributed by atoms with Crippen molar-refractivity contribution in [1.29, 1.82) is 0 Å². The normalized spacial score (nSPS) is 11.2. The van der Waals surface area contributed by atoms with Crippen molar-refractivity contribution in [2.75, 3.05) is 7.11 Å². The highest BCUT2D eigenvalue weighted by Gasteiger charge is 2.10. The second-order valence-electron chi connectivity index (χ2n) is 6.07. The third-order valence-corrected chi connectivity index (χ3v) is 3.69. The predicted octanol–water partition coefficient (Wildman–Crippen LogP) is 5.58. The van der Waals surface area contributed by atoms with Gasteiger partial charge in [-0.3, -0.25) is 4.99 Å². The van der Waals surface area contributed by atoms with Crippen LogP contribution < -0.4 is 9.47 Å². The van der Waals surface area contributed by atoms with Crippen molar-refractivity contribution in [3.05, 3.63) is 53.6 Å². The first-order valence-corrected chi connectivity index (χ1v) is 8.60. The Morgan fingerprint density at radius 3 is 2.46 bits per heavy atom. The molecule has 2 rings (SSSR count). The number of hydrogen-bond donors (Lipinski definition) is 0. The number of unbranched alkanes of at least 4 members (excludes halogenated alkanes) is 1. The van der Waals surface area contributed by atoms with E-state index < -0.39 is 0 Å². The number of hydrogen-bond acceptors (Lipinski definition) is 3. The van der Waals surface area contributed by atoms with Crippen LogP contribution in [0.3, 0.4) is 0 Å². The quantitative estimate of drug-likeness (QED) is 0.594. The zero-order valence-corrected chi connectivity index (χ0v) is 15.1. The molecule has 0 saturated heterocycles. The van der Waals surface area contributed by atoms with Gasteiger partial charge < -0.3 is 9.47 Å². The Hall–Kier alpha value is -2.29. The SMILES string of the molecule is CCCCc1ccc(N=Cc2cccc(OC)c2OC(C)C)cc1. The van der Waals surface area contributed by atoms with Crippen LogP contribution in [0.4, 0.5) is 5.69 Å². The van der Waals surface area contributed by atoms with Crippen molar-refractivity contribution in [3.63, 3.8) is 0 Å². The fourth-order valence-corrected chi connectivity index (χ4v) is 2.43. The first-order valence-electron chi connectivity index (χ1n) is 8.60. The van der Waals surface area contributed by atoms with E-state index in [0.29, 0.717) is 0 Å². The summed E-state index contributed by atoms with van der Waals surface area (Å²) in [5.41, 5.74) is 3.22. The zero-order chi connectivity index (χ0) is 17.4. The first-order chi connectivity index (χ1) is 11.6. The monoisotopic (exact) mass is 325 g/mol. The lowest BCUT2D eigenvalue weighted by Crippen LogP contribution is -2.08. The molecule has 3 nitrogen and oxygen atoms in total. The molecule has 24 heavy (non-hydrogen) atoms. The summed E-state index contributed by atoms with van der Waals surface area (Å²) >= 11 is 0. The third-order valence-electron chi connectivity index (χ3n) is 3.69. The van der Waals surface area contributed by atoms with Crippen molar-refractivity contribution < 1.29 is 9.47 Å². The molecule has 0 amide bonds. The second kappa shape index (κ2) is 9.11. The summed E-state index contributed by atoms with van der Waals surface area (Å²) < 4.78 is 11.3. The molecule has 0 heterocycles. The summed E-state index contributed by atoms with van der Waals surface area (Å²) in [5.74, 6) is 1.46. The maximum absolute atomic E-state index is 5.90. The Morgan fingerprint density at radius 1 is 1.08 bits per heavy atom. The number of aliphatic imine (C=N–C) groups is 1. The molecule has 0 unspecified atom stereocenters. The van der Waals surface area contributed by atoms with Crippen molar-refractivity contribution in [1.82, 2.24) is 0 Å². The molecule has 2 aromatic rings. The van der Waals surface area contributed by atoms with Gasteiger partial charge >= 0.3 is 0 Å². The number of rotatable bonds is 8. The van der Waals surface area contributed by atoms with Crippen LogP contribution in [0.2, 0.25) is 0 Å². The molecule has 0 aromatic heterocycles. The van der Waals surface area contributed by atoms with Gasteiger partial charge in [0.05, 0.1) is 18.9 Å². The molecular weight excluding hydrogens is 298 g/mol. The van der Waals surface area contributed by atoms with E-state index in [4.69, 9.17) is 9.47 Å². The van der Waals surface area contributed by atoms with Crippen LogP contribution in [0.1, 0.15) is 44.7 Å². The molecule has 0 atom stereocenters. The van der Waals surface area contributed by atoms with E-state index in [0.717, 1.165) is 29.2 Å². The van der Waals surface area contributed by atoms with Gasteiger partial charge in [-0.2, -0.15) is 0 Å². The van der Waals surface area contributed by atoms with E-state index in [-0.39, 0.29) is 6.10 Å². The molecule has 2 aromatic carbocycles. The van der Waals surface area contributed by atoms with Crippen LogP contribution in [0.5, 0.6) is 11.5 Å². The molecule has 3 heteroatoms. The number of benzene rings is 2. The standard InChI is InChI=1S/C21H27NO2/c1-5-6-8-17-11-13-19(14-12-17)22-15-18-9-7-10-20(23-4)21(18)24-16(2)3/h7,9-16H,5-6,8H2,1-4H3. The Labute approximate surface area is 145 Å². The van der Waals surface area contributed by atoms with Crippen LogP contribution in [0.15, 0.2) is 47.5 Å². The highest BCUT2D eigenvalue weighted by Crippen LogP contribution is 2.31. The van der Waals surface area contributed by atoms with Gasteiger partial charge in [0.15, 0.2) is 11.5 Å². The Balaban J connectivity index is 2.19. The average molecular weight is 325 g/mol. The van der Waals surface area contributed by atoms with Gasteiger partial charge in [-0.05, 0) is 56.5 Å². The van der Waals surface area contributed by atoms with E-state index in [2.05, 4.69) is 36.2 Å². The molecule has 0 spiro atoms. The van der Waals surface area contributed by atoms with Crippen LogP contribution in [0, 0.1) is 0 Å². The molecule has 0 aliphatic heterocycles. The maximum atomic E-state index is 5.90. The number of para-hydroxylation sites is 1. The van der Waals surface area contributed by atoms with Gasteiger partial charge in [0.2, 0.25) is 0 Å². The van der Waals surface area contributed by atoms with Crippen molar-refractivity contribution in [2.45, 2.75) is 46.1 Å². The summed E-state index contributed by atoms with van der Waals surface area (Å²) in [6.07, 6.45) is 5.48. The highest BCUT2D eigenvalue weighted by atomic mass is 16.5. The van der Waals surface area contributed by atoms with E-state index >= 15 is 0 Å². The molecule has 0 aliphatic carbocycles. The predicted molar refractivity (Wildman–Crippen MR) is 101 cm³/mol. The van der Waals surface area contributed by atoms with E-state index in [1.54, 1.807) is 7.11 Å². The fourth-order valence-electron chi connectivity index (χ4n) is 2.43. The van der Waals surface area contributed by atoms with Crippen molar-refractivity contribution >= 4 is 11.9 Å². The minimum Gasteiger partial charge on any atom is -0.493 e. The molecule has 0 N–H and O–H groups in total. The lowest BCUT2D eigenvalue weighted by atomic mass is 10.1. The van der Waals surface area contributed by atoms with Crippen LogP contribution in [-0.4, -0.2) is 19.4 Å². The van der Waals surface area contributed by atoms with Gasteiger partial charge in [-0.15, -0.1) is 0 Å². The van der Waals surface area contributed by atoms with E-state index in [1.807, 2.05) is 38.3 Å². The van der Waals surface area contributed by atoms with Crippen molar-refractivity contribution in [2.24, 2.45) is 4.99 Å². The van der Waals surface area contributed by atoms with E-state index in [9.17, 15) is 0 Å². The van der Waals surface area contributed by atoms with Crippen molar-refractivity contribution in [3.8, 4) is 11.5 Å². The first kappa shape index (κ1) is 18.1. The second-order valence-corrected chi connectivity index (χ2v) is 6.07. The maximum Gasteiger partial charge on any atom is 0.170 e. The minimum absolute atomic E-state index is 0.0753. The summed E-state index contributed by atoms with van der Waals surface area (Å²) in [7, 11) is 1.65. The van der Waals surface area contributed by atoms with Gasteiger partial charge in [-0.1, -0.05) is 31.5 Å². The number of aryl methyl sites for hydroxylation is 1. The van der Waals surface area contributed by atoms with Crippen LogP contribution in [-0.2, 0) is 6.42 Å². The zero-order valence-electron chi connectivity index (χ0n) is 15.1. The molecule has 0 aliphatic rings. The smallest absolute Gasteiger partial charge is 0.170 e. The molecule has 128 valence electrons. The number of ether oxygens (including phenoxy) is 2. The summed E-state index contributed by atoms with van der Waals surface area (Å²) in [4.78, 5) is 4.58. The average Bonchev–Trinajstić information content (AvgIpc) is 2.59. The summed E-state index contributed by atoms with van der Waals surface area (Å²) in [6.45, 7) is 6.22. The Bertz CT molecular complexity index is 660. The largest absolute Gasteiger partial charge is 0.493 e. The molecular formula is C21H27NO2. The van der Waals surface area contributed by atoms with E-state index in [1.165, 1.54) is 18.4 Å². The third kappa shape index (κ3) is 5.12. The summed E-state index contributed by atoms with van der Waals surface area (Å²) in [6, 6.07) is 14.3. The lowest BCUT2D eigenvalue weighted by Gasteiger charge is -2.15. The minimum atomic E-state index is 0.0753. The topological polar surface area (TPSA) is 30.8 Å². The van der Waals surface area contributed by atoms with Gasteiger partial charge in [0, 0.05) is 11.8 Å². The lowest BCUT2D eigenvalue weighted by molar-refractivity contribution is 0.230. The van der Waals surface area contributed by atoms with Crippen LogP contribution in [0.25, 0.3) is 0 Å². The fraction of sp³-hybridized carbons (Fsp3) is 0.381. The molecule has 0 radical (unpaired) electrons. The number of nitrogens with zero attached hydrogens (tertiary/aromatic N) is 1. The van der Waals surface area contributed by atoms with Crippen LogP contribution >= 0.6 is 0 Å². The molecule has 0 fully saturated rings. The highest BCUT2D eigenvalue weighted by molar-refractivity contribution is 5.86. The van der Waals surface area contributed by atoms with Gasteiger partial charge in [-0.25, -0.2) is 0 Å². The number of methoxy groups -OCH3 is 1. The Morgan fingerprint density at radius 2 is 1.83 bits per heavy atom.